The number of nitrogens with zero attached hydrogens (tertiary/aromatic N) is 3. The number of phenols is 1. The SMILES string of the molecule is COc1ccc(C=NNC(=O)COc2ccc(C[N+]([O-])=NO)cc2)c(O)c1. The molecule has 0 heterocycles. The summed E-state index contributed by atoms with van der Waals surface area (Å²) in [6, 6.07) is 11.0. The molecule has 3 N–H and O–H groups in total. The fourth-order valence-corrected chi connectivity index (χ4v) is 1.99. The van der Waals surface area contributed by atoms with Crippen molar-refractivity contribution in [2.75, 3.05) is 13.7 Å². The second kappa shape index (κ2) is 9.61. The lowest BCUT2D eigenvalue weighted by Crippen LogP contribution is -2.24. The van der Waals surface area contributed by atoms with Gasteiger partial charge in [-0.25, -0.2) is 5.43 Å². The summed E-state index contributed by atoms with van der Waals surface area (Å²) < 4.78 is 10.3. The zero-order valence-corrected chi connectivity index (χ0v) is 14.4. The summed E-state index contributed by atoms with van der Waals surface area (Å²) in [5.41, 5.74) is 3.30. The second-order valence-electron chi connectivity index (χ2n) is 5.25. The fraction of sp³-hybridized carbons (Fsp3) is 0.176. The molecule has 142 valence electrons. The Bertz CT molecular complexity index is 836. The number of nitrogens with one attached hydrogen (secondary N) is 1. The van der Waals surface area contributed by atoms with E-state index < -0.39 is 5.91 Å². The number of hydroxylamine groups is 1. The van der Waals surface area contributed by atoms with Crippen LogP contribution >= 0.6 is 0 Å². The average molecular weight is 374 g/mol. The van der Waals surface area contributed by atoms with E-state index in [-0.39, 0.29) is 23.8 Å². The van der Waals surface area contributed by atoms with E-state index in [1.54, 1.807) is 36.4 Å². The highest BCUT2D eigenvalue weighted by molar-refractivity contribution is 5.85. The molecule has 0 bridgehead atoms. The predicted octanol–water partition coefficient (Wildman–Crippen LogP) is 1.78. The van der Waals surface area contributed by atoms with Crippen molar-refractivity contribution in [3.05, 3.63) is 58.8 Å². The van der Waals surface area contributed by atoms with Crippen LogP contribution in [0.25, 0.3) is 0 Å². The van der Waals surface area contributed by atoms with E-state index in [1.807, 2.05) is 0 Å². The first-order valence-corrected chi connectivity index (χ1v) is 7.72. The number of hydrogen-bond acceptors (Lipinski definition) is 7. The summed E-state index contributed by atoms with van der Waals surface area (Å²) in [6.07, 6.45) is 1.29. The average Bonchev–Trinajstić information content (AvgIpc) is 2.68. The van der Waals surface area contributed by atoms with Gasteiger partial charge in [0.15, 0.2) is 11.9 Å². The fourth-order valence-electron chi connectivity index (χ4n) is 1.99. The molecule has 2 rings (SSSR count). The normalized spacial score (nSPS) is 11.4. The molecule has 0 fully saturated rings. The van der Waals surface area contributed by atoms with Crippen LogP contribution in [0.2, 0.25) is 0 Å². The standard InChI is InChI=1S/C17H18N4O6/c1-26-15-7-4-13(16(22)8-15)9-18-19-17(23)11-27-14-5-2-12(3-6-14)10-21(25)20-24/h2-9,22,24H,10-11H2,1H3,(H,19,23). The quantitative estimate of drug-likeness (QED) is 0.279. The molecule has 0 aliphatic carbocycles. The Morgan fingerprint density at radius 3 is 2.59 bits per heavy atom. The van der Waals surface area contributed by atoms with Crippen LogP contribution in [0.15, 0.2) is 52.8 Å². The van der Waals surface area contributed by atoms with Crippen LogP contribution < -0.4 is 14.9 Å². The molecule has 0 radical (unpaired) electrons. The van der Waals surface area contributed by atoms with E-state index in [4.69, 9.17) is 14.7 Å². The van der Waals surface area contributed by atoms with Crippen LogP contribution in [-0.4, -0.2) is 41.0 Å². The molecule has 27 heavy (non-hydrogen) atoms. The van der Waals surface area contributed by atoms with Crippen LogP contribution in [0.3, 0.4) is 0 Å². The smallest absolute Gasteiger partial charge is 0.277 e. The summed E-state index contributed by atoms with van der Waals surface area (Å²) in [4.78, 5) is 11.8. The van der Waals surface area contributed by atoms with E-state index in [0.717, 1.165) is 0 Å². The van der Waals surface area contributed by atoms with E-state index in [2.05, 4.69) is 15.8 Å². The van der Waals surface area contributed by atoms with Crippen molar-refractivity contribution in [3.63, 3.8) is 0 Å². The number of phenolic OH excluding ortho intramolecular Hbond substituents is 1. The molecular formula is C17H18N4O6. The predicted molar refractivity (Wildman–Crippen MR) is 93.9 cm³/mol. The van der Waals surface area contributed by atoms with Gasteiger partial charge in [0.1, 0.15) is 17.2 Å². The maximum absolute atomic E-state index is 11.7. The molecule has 10 heteroatoms. The number of methoxy groups -OCH3 is 1. The third-order valence-electron chi connectivity index (χ3n) is 3.34. The zero-order valence-electron chi connectivity index (χ0n) is 14.4. The number of hydrogen-bond donors (Lipinski definition) is 3. The van der Waals surface area contributed by atoms with Gasteiger partial charge in [0.25, 0.3) is 5.91 Å². The number of aromatic hydroxyl groups is 1. The Labute approximate surface area is 154 Å². The Morgan fingerprint density at radius 2 is 1.96 bits per heavy atom. The van der Waals surface area contributed by atoms with Gasteiger partial charge in [-0.1, -0.05) is 4.86 Å². The molecule has 0 aromatic heterocycles. The van der Waals surface area contributed by atoms with Crippen LogP contribution in [-0.2, 0) is 11.3 Å². The van der Waals surface area contributed by atoms with Gasteiger partial charge < -0.3 is 25.0 Å². The van der Waals surface area contributed by atoms with Crippen LogP contribution in [0, 0.1) is 5.21 Å². The molecule has 0 saturated carbocycles. The van der Waals surface area contributed by atoms with Crippen molar-refractivity contribution < 1.29 is 29.4 Å². The largest absolute Gasteiger partial charge is 0.597 e. The number of benzene rings is 2. The highest BCUT2D eigenvalue weighted by Gasteiger charge is 2.05. The first kappa shape index (κ1) is 19.5. The summed E-state index contributed by atoms with van der Waals surface area (Å²) in [7, 11) is 1.49. The summed E-state index contributed by atoms with van der Waals surface area (Å²) in [5, 5.41) is 35.3. The monoisotopic (exact) mass is 374 g/mol. The molecule has 10 nitrogen and oxygen atoms in total. The number of carbonyl (C=O) groups is 1. The number of carbonyl (C=O) groups excluding carboxylic acids is 1. The molecular weight excluding hydrogens is 356 g/mol. The van der Waals surface area contributed by atoms with Crippen molar-refractivity contribution in [2.24, 2.45) is 10.4 Å². The molecule has 2 aromatic carbocycles. The molecule has 0 spiro atoms. The lowest BCUT2D eigenvalue weighted by Gasteiger charge is -2.06. The first-order valence-electron chi connectivity index (χ1n) is 7.72. The molecule has 0 atom stereocenters. The highest BCUT2D eigenvalue weighted by atomic mass is 16.6. The number of amides is 1. The van der Waals surface area contributed by atoms with Crippen LogP contribution in [0.1, 0.15) is 11.1 Å². The van der Waals surface area contributed by atoms with Gasteiger partial charge in [0.2, 0.25) is 6.54 Å². The van der Waals surface area contributed by atoms with Crippen LogP contribution in [0.4, 0.5) is 0 Å². The topological polar surface area (TPSA) is 139 Å². The molecule has 0 unspecified atom stereocenters. The van der Waals surface area contributed by atoms with Gasteiger partial charge >= 0.3 is 0 Å². The van der Waals surface area contributed by atoms with Gasteiger partial charge in [0, 0.05) is 17.2 Å². The van der Waals surface area contributed by atoms with Gasteiger partial charge in [-0.15, -0.1) is 0 Å². The lowest BCUT2D eigenvalue weighted by molar-refractivity contribution is -0.570. The summed E-state index contributed by atoms with van der Waals surface area (Å²) >= 11 is 0. The molecule has 2 aromatic rings. The van der Waals surface area contributed by atoms with Gasteiger partial charge in [0.05, 0.1) is 13.3 Å². The Balaban J connectivity index is 1.80. The Kier molecular flexibility index (Phi) is 6.94. The van der Waals surface area contributed by atoms with Gasteiger partial charge in [-0.05, 0) is 36.4 Å². The Morgan fingerprint density at radius 1 is 1.26 bits per heavy atom. The van der Waals surface area contributed by atoms with Gasteiger partial charge in [-0.2, -0.15) is 5.10 Å². The Hall–Kier alpha value is -3.82. The second-order valence-corrected chi connectivity index (χ2v) is 5.25. The van der Waals surface area contributed by atoms with Gasteiger partial charge in [-0.3, -0.25) is 4.79 Å². The third-order valence-corrected chi connectivity index (χ3v) is 3.34. The van der Waals surface area contributed by atoms with Crippen molar-refractivity contribution >= 4 is 12.1 Å². The van der Waals surface area contributed by atoms with E-state index in [9.17, 15) is 15.1 Å². The maximum atomic E-state index is 11.7. The van der Waals surface area contributed by atoms with E-state index in [0.29, 0.717) is 22.6 Å². The van der Waals surface area contributed by atoms with Crippen molar-refractivity contribution in [2.45, 2.75) is 6.54 Å². The minimum absolute atomic E-state index is 0.0330. The van der Waals surface area contributed by atoms with Crippen LogP contribution in [0.5, 0.6) is 17.2 Å². The number of hydrazone groups is 1. The third kappa shape index (κ3) is 6.20. The lowest BCUT2D eigenvalue weighted by atomic mass is 10.2. The maximum Gasteiger partial charge on any atom is 0.277 e. The molecule has 0 aliphatic heterocycles. The van der Waals surface area contributed by atoms with Crippen molar-refractivity contribution in [3.8, 4) is 17.2 Å². The first-order chi connectivity index (χ1) is 13.0. The minimum Gasteiger partial charge on any atom is -0.597 e. The summed E-state index contributed by atoms with van der Waals surface area (Å²) in [5.74, 6) is 0.397. The number of ether oxygens (including phenoxy) is 2. The summed E-state index contributed by atoms with van der Waals surface area (Å²) in [6.45, 7) is -0.380. The number of rotatable bonds is 8. The van der Waals surface area contributed by atoms with E-state index >= 15 is 0 Å². The minimum atomic E-state index is -0.492. The van der Waals surface area contributed by atoms with Crippen molar-refractivity contribution in [1.82, 2.24) is 5.43 Å². The highest BCUT2D eigenvalue weighted by Crippen LogP contribution is 2.21. The molecule has 0 aliphatic rings. The molecule has 1 amide bonds. The molecule has 0 saturated heterocycles. The van der Waals surface area contributed by atoms with Crippen molar-refractivity contribution in [1.29, 1.82) is 0 Å². The van der Waals surface area contributed by atoms with E-state index in [1.165, 1.54) is 19.4 Å². The zero-order chi connectivity index (χ0) is 19.6.